The highest BCUT2D eigenvalue weighted by Gasteiger charge is 2.42. The molecule has 0 aromatic heterocycles. The number of carbonyl (C=O) groups is 3. The molecule has 2 aromatic rings. The second kappa shape index (κ2) is 7.70. The van der Waals surface area contributed by atoms with Gasteiger partial charge in [0.25, 0.3) is 11.8 Å². The Morgan fingerprint density at radius 2 is 1.65 bits per heavy atom. The Balaban J connectivity index is 1.19. The number of ether oxygens (including phenoxy) is 2. The number of rotatable bonds is 4. The van der Waals surface area contributed by atoms with Gasteiger partial charge in [-0.25, -0.2) is 0 Å². The molecule has 3 heterocycles. The third-order valence-electron chi connectivity index (χ3n) is 6.24. The fourth-order valence-electron chi connectivity index (χ4n) is 4.49. The molecule has 0 bridgehead atoms. The normalized spacial score (nSPS) is 19.0. The van der Waals surface area contributed by atoms with Crippen LogP contribution in [-0.4, -0.2) is 66.5 Å². The largest absolute Gasteiger partial charge is 0.454 e. The fourth-order valence-corrected chi connectivity index (χ4v) is 4.49. The number of nitrogens with zero attached hydrogens (tertiary/aromatic N) is 2. The van der Waals surface area contributed by atoms with Crippen LogP contribution in [0.1, 0.15) is 33.2 Å². The number of amides is 3. The second-order valence-corrected chi connectivity index (χ2v) is 8.14. The zero-order valence-electron chi connectivity index (χ0n) is 17.3. The standard InChI is InChI=1S/C23H23N3O5/c1-15(26-22(28)17-4-2-3-5-18(17)23(26)29)21(27)25-10-8-24(9-11-25)13-16-6-7-19-20(12-16)31-14-30-19/h2-7,12,15H,8-11,13-14H2,1H3/p+1/t15-/m0/s1. The van der Waals surface area contributed by atoms with Crippen LogP contribution in [0.5, 0.6) is 11.5 Å². The third-order valence-corrected chi connectivity index (χ3v) is 6.24. The lowest BCUT2D eigenvalue weighted by Crippen LogP contribution is -3.13. The number of benzene rings is 2. The lowest BCUT2D eigenvalue weighted by molar-refractivity contribution is -0.917. The molecule has 0 unspecified atom stereocenters. The first-order valence-corrected chi connectivity index (χ1v) is 10.5. The van der Waals surface area contributed by atoms with Gasteiger partial charge < -0.3 is 19.3 Å². The highest BCUT2D eigenvalue weighted by atomic mass is 16.7. The van der Waals surface area contributed by atoms with Crippen LogP contribution in [0.4, 0.5) is 0 Å². The van der Waals surface area contributed by atoms with Gasteiger partial charge in [-0.3, -0.25) is 19.3 Å². The minimum Gasteiger partial charge on any atom is -0.454 e. The van der Waals surface area contributed by atoms with Crippen molar-refractivity contribution in [3.63, 3.8) is 0 Å². The second-order valence-electron chi connectivity index (χ2n) is 8.14. The quantitative estimate of drug-likeness (QED) is 0.719. The van der Waals surface area contributed by atoms with Crippen molar-refractivity contribution >= 4 is 17.7 Å². The summed E-state index contributed by atoms with van der Waals surface area (Å²) in [6, 6.07) is 11.9. The summed E-state index contributed by atoms with van der Waals surface area (Å²) in [5.74, 6) is 0.579. The Kier molecular flexibility index (Phi) is 4.86. The number of piperazine rings is 1. The van der Waals surface area contributed by atoms with E-state index in [9.17, 15) is 14.4 Å². The van der Waals surface area contributed by atoms with Crippen molar-refractivity contribution in [2.24, 2.45) is 0 Å². The molecule has 0 spiro atoms. The molecule has 3 aliphatic heterocycles. The molecular formula is C23H24N3O5+. The number of fused-ring (bicyclic) bond motifs is 2. The van der Waals surface area contributed by atoms with Gasteiger partial charge in [-0.05, 0) is 37.3 Å². The zero-order valence-corrected chi connectivity index (χ0v) is 17.3. The van der Waals surface area contributed by atoms with Gasteiger partial charge in [0.2, 0.25) is 12.7 Å². The zero-order chi connectivity index (χ0) is 21.5. The van der Waals surface area contributed by atoms with Crippen molar-refractivity contribution in [1.29, 1.82) is 0 Å². The van der Waals surface area contributed by atoms with E-state index in [4.69, 9.17) is 9.47 Å². The summed E-state index contributed by atoms with van der Waals surface area (Å²) >= 11 is 0. The number of hydrogen-bond acceptors (Lipinski definition) is 5. The van der Waals surface area contributed by atoms with Gasteiger partial charge in [0.15, 0.2) is 11.5 Å². The Hall–Kier alpha value is -3.39. The van der Waals surface area contributed by atoms with Crippen LogP contribution in [-0.2, 0) is 11.3 Å². The van der Waals surface area contributed by atoms with Crippen LogP contribution in [0, 0.1) is 0 Å². The van der Waals surface area contributed by atoms with Gasteiger partial charge in [0.1, 0.15) is 12.6 Å². The topological polar surface area (TPSA) is 80.6 Å². The maximum atomic E-state index is 13.1. The van der Waals surface area contributed by atoms with E-state index in [0.717, 1.165) is 36.0 Å². The predicted octanol–water partition coefficient (Wildman–Crippen LogP) is 0.327. The molecule has 1 N–H and O–H groups in total. The Bertz CT molecular complexity index is 1030. The molecule has 8 heteroatoms. The minimum absolute atomic E-state index is 0.184. The van der Waals surface area contributed by atoms with E-state index in [1.807, 2.05) is 18.2 Å². The van der Waals surface area contributed by atoms with Crippen molar-refractivity contribution in [3.05, 3.63) is 59.2 Å². The minimum atomic E-state index is -0.817. The lowest BCUT2D eigenvalue weighted by Gasteiger charge is -2.35. The predicted molar refractivity (Wildman–Crippen MR) is 110 cm³/mol. The van der Waals surface area contributed by atoms with Crippen molar-refractivity contribution in [2.75, 3.05) is 33.0 Å². The molecule has 160 valence electrons. The highest BCUT2D eigenvalue weighted by Crippen LogP contribution is 2.32. The van der Waals surface area contributed by atoms with Crippen molar-refractivity contribution in [1.82, 2.24) is 9.80 Å². The van der Waals surface area contributed by atoms with Gasteiger partial charge in [-0.2, -0.15) is 0 Å². The Labute approximate surface area is 179 Å². The van der Waals surface area contributed by atoms with Crippen molar-refractivity contribution in [3.8, 4) is 11.5 Å². The number of quaternary nitrogens is 1. The van der Waals surface area contributed by atoms with Crippen LogP contribution in [0.25, 0.3) is 0 Å². The van der Waals surface area contributed by atoms with Gasteiger partial charge in [-0.15, -0.1) is 0 Å². The molecule has 0 saturated carbocycles. The van der Waals surface area contributed by atoms with Gasteiger partial charge in [-0.1, -0.05) is 12.1 Å². The summed E-state index contributed by atoms with van der Waals surface area (Å²) in [5, 5.41) is 0. The Morgan fingerprint density at radius 1 is 1.00 bits per heavy atom. The number of nitrogens with one attached hydrogen (secondary N) is 1. The molecule has 0 radical (unpaired) electrons. The molecule has 3 amide bonds. The first kappa shape index (κ1) is 19.6. The monoisotopic (exact) mass is 422 g/mol. The molecular weight excluding hydrogens is 398 g/mol. The first-order chi connectivity index (χ1) is 15.0. The highest BCUT2D eigenvalue weighted by molar-refractivity contribution is 6.22. The van der Waals surface area contributed by atoms with E-state index in [0.29, 0.717) is 24.2 Å². The van der Waals surface area contributed by atoms with Crippen molar-refractivity contribution in [2.45, 2.75) is 19.5 Å². The van der Waals surface area contributed by atoms with Gasteiger partial charge in [0.05, 0.1) is 37.3 Å². The summed E-state index contributed by atoms with van der Waals surface area (Å²) in [6.07, 6.45) is 0. The van der Waals surface area contributed by atoms with Gasteiger partial charge in [0, 0.05) is 5.56 Å². The van der Waals surface area contributed by atoms with Crippen LogP contribution in [0.3, 0.4) is 0 Å². The smallest absolute Gasteiger partial charge is 0.262 e. The average molecular weight is 422 g/mol. The molecule has 2 aromatic carbocycles. The number of hydrogen-bond donors (Lipinski definition) is 1. The maximum absolute atomic E-state index is 13.1. The van der Waals surface area contributed by atoms with E-state index < -0.39 is 17.9 Å². The lowest BCUT2D eigenvalue weighted by atomic mass is 10.1. The van der Waals surface area contributed by atoms with E-state index in [2.05, 4.69) is 0 Å². The molecule has 5 rings (SSSR count). The molecule has 0 aliphatic carbocycles. The number of carbonyl (C=O) groups excluding carboxylic acids is 3. The van der Waals surface area contributed by atoms with Crippen LogP contribution in [0.15, 0.2) is 42.5 Å². The van der Waals surface area contributed by atoms with Gasteiger partial charge >= 0.3 is 0 Å². The van der Waals surface area contributed by atoms with E-state index in [1.165, 1.54) is 10.5 Å². The van der Waals surface area contributed by atoms with E-state index in [1.54, 1.807) is 36.1 Å². The summed E-state index contributed by atoms with van der Waals surface area (Å²) in [5.41, 5.74) is 1.90. The number of imide groups is 1. The van der Waals surface area contributed by atoms with E-state index >= 15 is 0 Å². The molecule has 1 saturated heterocycles. The van der Waals surface area contributed by atoms with Crippen LogP contribution >= 0.6 is 0 Å². The van der Waals surface area contributed by atoms with Crippen LogP contribution in [0.2, 0.25) is 0 Å². The molecule has 1 atom stereocenters. The first-order valence-electron chi connectivity index (χ1n) is 10.5. The summed E-state index contributed by atoms with van der Waals surface area (Å²) in [4.78, 5) is 42.7. The van der Waals surface area contributed by atoms with E-state index in [-0.39, 0.29) is 12.7 Å². The Morgan fingerprint density at radius 3 is 2.32 bits per heavy atom. The maximum Gasteiger partial charge on any atom is 0.262 e. The summed E-state index contributed by atoms with van der Waals surface area (Å²) in [7, 11) is 0. The molecule has 1 fully saturated rings. The molecule has 3 aliphatic rings. The molecule has 31 heavy (non-hydrogen) atoms. The summed E-state index contributed by atoms with van der Waals surface area (Å²) in [6.45, 7) is 5.52. The summed E-state index contributed by atoms with van der Waals surface area (Å²) < 4.78 is 10.8. The fraction of sp³-hybridized carbons (Fsp3) is 0.348. The van der Waals surface area contributed by atoms with Crippen molar-refractivity contribution < 1.29 is 28.8 Å². The molecule has 8 nitrogen and oxygen atoms in total. The third kappa shape index (κ3) is 3.42. The SMILES string of the molecule is C[C@@H](C(=O)N1CC[NH+](Cc2ccc3c(c2)OCO3)CC1)N1C(=O)c2ccccc2C1=O. The van der Waals surface area contributed by atoms with Crippen LogP contribution < -0.4 is 14.4 Å². The average Bonchev–Trinajstić information content (AvgIpc) is 3.36.